The second-order valence-electron chi connectivity index (χ2n) is 5.47. The molecule has 2 aromatic rings. The van der Waals surface area contributed by atoms with Gasteiger partial charge in [-0.2, -0.15) is 0 Å². The van der Waals surface area contributed by atoms with Gasteiger partial charge in [0.2, 0.25) is 0 Å². The van der Waals surface area contributed by atoms with Gasteiger partial charge in [0.05, 0.1) is 5.39 Å². The van der Waals surface area contributed by atoms with Crippen molar-refractivity contribution in [2.24, 2.45) is 17.8 Å². The molecule has 0 radical (unpaired) electrons. The Balaban J connectivity index is 0.00000110. The first-order valence-electron chi connectivity index (χ1n) is 6.54. The molecule has 1 saturated carbocycles. The number of aromatic nitrogens is 3. The highest BCUT2D eigenvalue weighted by molar-refractivity contribution is 5.87. The van der Waals surface area contributed by atoms with Gasteiger partial charge in [-0.15, -0.1) is 12.4 Å². The summed E-state index contributed by atoms with van der Waals surface area (Å²) in [6, 6.07) is 2.05. The van der Waals surface area contributed by atoms with Crippen molar-refractivity contribution < 1.29 is 0 Å². The zero-order valence-corrected chi connectivity index (χ0v) is 11.7. The van der Waals surface area contributed by atoms with Crippen LogP contribution in [0.3, 0.4) is 0 Å². The van der Waals surface area contributed by atoms with Gasteiger partial charge < -0.3 is 15.2 Å². The summed E-state index contributed by atoms with van der Waals surface area (Å²) in [6.07, 6.45) is 3.56. The highest BCUT2D eigenvalue weighted by atomic mass is 35.5. The number of hydrogen-bond acceptors (Lipinski definition) is 4. The van der Waals surface area contributed by atoms with Gasteiger partial charge in [0.1, 0.15) is 17.8 Å². The monoisotopic (exact) mass is 279 g/mol. The molecule has 4 rings (SSSR count). The number of halogens is 1. The van der Waals surface area contributed by atoms with E-state index in [0.29, 0.717) is 0 Å². The van der Waals surface area contributed by atoms with E-state index >= 15 is 0 Å². The Morgan fingerprint density at radius 1 is 1.32 bits per heavy atom. The zero-order valence-electron chi connectivity index (χ0n) is 10.8. The molecule has 0 amide bonds. The molecular formula is C13H18ClN5. The molecule has 0 aromatic carbocycles. The Hall–Kier alpha value is -1.33. The molecule has 2 aliphatic rings. The fourth-order valence-electron chi connectivity index (χ4n) is 3.38. The maximum Gasteiger partial charge on any atom is 0.142 e. The van der Waals surface area contributed by atoms with Crippen molar-refractivity contribution in [2.45, 2.75) is 0 Å². The van der Waals surface area contributed by atoms with Crippen LogP contribution in [0.15, 0.2) is 18.6 Å². The third kappa shape index (κ3) is 1.97. The Morgan fingerprint density at radius 2 is 2.11 bits per heavy atom. The molecule has 6 heteroatoms. The van der Waals surface area contributed by atoms with Crippen molar-refractivity contribution in [2.75, 3.05) is 31.6 Å². The van der Waals surface area contributed by atoms with Gasteiger partial charge in [0, 0.05) is 19.8 Å². The highest BCUT2D eigenvalue weighted by Crippen LogP contribution is 2.49. The molecule has 1 saturated heterocycles. The van der Waals surface area contributed by atoms with E-state index in [0.717, 1.165) is 41.1 Å². The number of fused-ring (bicyclic) bond motifs is 2. The first kappa shape index (κ1) is 12.7. The van der Waals surface area contributed by atoms with Gasteiger partial charge in [-0.05, 0) is 36.9 Å². The summed E-state index contributed by atoms with van der Waals surface area (Å²) in [4.78, 5) is 14.1. The van der Waals surface area contributed by atoms with Crippen molar-refractivity contribution in [3.8, 4) is 0 Å². The number of aromatic amines is 1. The summed E-state index contributed by atoms with van der Waals surface area (Å²) in [5.74, 6) is 3.69. The lowest BCUT2D eigenvalue weighted by molar-refractivity contribution is 0.591. The molecule has 3 heterocycles. The van der Waals surface area contributed by atoms with E-state index in [1.54, 1.807) is 6.33 Å². The van der Waals surface area contributed by atoms with Crippen LogP contribution in [-0.2, 0) is 0 Å². The fourth-order valence-corrected chi connectivity index (χ4v) is 3.38. The summed E-state index contributed by atoms with van der Waals surface area (Å²) in [7, 11) is 2.14. The smallest absolute Gasteiger partial charge is 0.142 e. The maximum absolute atomic E-state index is 4.43. The molecule has 0 bridgehead atoms. The van der Waals surface area contributed by atoms with E-state index in [1.807, 2.05) is 6.20 Å². The van der Waals surface area contributed by atoms with Gasteiger partial charge in [-0.25, -0.2) is 9.97 Å². The van der Waals surface area contributed by atoms with Gasteiger partial charge in [0.25, 0.3) is 0 Å². The molecule has 3 atom stereocenters. The van der Waals surface area contributed by atoms with Gasteiger partial charge in [0.15, 0.2) is 0 Å². The quantitative estimate of drug-likeness (QED) is 0.889. The summed E-state index contributed by atoms with van der Waals surface area (Å²) in [5, 5.41) is 4.56. The summed E-state index contributed by atoms with van der Waals surface area (Å²) >= 11 is 0. The van der Waals surface area contributed by atoms with E-state index in [9.17, 15) is 0 Å². The predicted octanol–water partition coefficient (Wildman–Crippen LogP) is 1.28. The van der Waals surface area contributed by atoms with Crippen molar-refractivity contribution >= 4 is 29.3 Å². The number of nitrogens with one attached hydrogen (secondary N) is 2. The molecule has 2 aromatic heterocycles. The number of nitrogens with zero attached hydrogens (tertiary/aromatic N) is 3. The van der Waals surface area contributed by atoms with Crippen LogP contribution < -0.4 is 10.2 Å². The first-order valence-corrected chi connectivity index (χ1v) is 6.54. The molecule has 102 valence electrons. The van der Waals surface area contributed by atoms with Crippen LogP contribution in [0.1, 0.15) is 0 Å². The first-order chi connectivity index (χ1) is 8.84. The molecule has 19 heavy (non-hydrogen) atoms. The SMILES string of the molecule is CN(C[C@H]1[C@@H]2CNC[C@@H]21)c1ncnc2[nH]ccc12.Cl. The van der Waals surface area contributed by atoms with Crippen LogP contribution >= 0.6 is 12.4 Å². The normalized spacial score (nSPS) is 27.9. The lowest BCUT2D eigenvalue weighted by Gasteiger charge is -2.19. The van der Waals surface area contributed by atoms with E-state index in [2.05, 4.69) is 38.3 Å². The van der Waals surface area contributed by atoms with Crippen LogP contribution in [0, 0.1) is 17.8 Å². The second kappa shape index (κ2) is 4.65. The van der Waals surface area contributed by atoms with E-state index in [4.69, 9.17) is 0 Å². The van der Waals surface area contributed by atoms with Crippen molar-refractivity contribution in [3.05, 3.63) is 18.6 Å². The van der Waals surface area contributed by atoms with Gasteiger partial charge in [-0.1, -0.05) is 0 Å². The van der Waals surface area contributed by atoms with Crippen LogP contribution in [0.25, 0.3) is 11.0 Å². The summed E-state index contributed by atoms with van der Waals surface area (Å²) in [6.45, 7) is 3.51. The molecule has 5 nitrogen and oxygen atoms in total. The van der Waals surface area contributed by atoms with Crippen molar-refractivity contribution in [1.29, 1.82) is 0 Å². The molecule has 0 spiro atoms. The van der Waals surface area contributed by atoms with Crippen LogP contribution in [0.2, 0.25) is 0 Å². The van der Waals surface area contributed by atoms with E-state index < -0.39 is 0 Å². The molecule has 2 N–H and O–H groups in total. The minimum atomic E-state index is 0. The molecule has 2 fully saturated rings. The zero-order chi connectivity index (χ0) is 12.1. The summed E-state index contributed by atoms with van der Waals surface area (Å²) in [5.41, 5.74) is 0.921. The molecular weight excluding hydrogens is 262 g/mol. The largest absolute Gasteiger partial charge is 0.359 e. The summed E-state index contributed by atoms with van der Waals surface area (Å²) < 4.78 is 0. The van der Waals surface area contributed by atoms with Crippen LogP contribution in [0.5, 0.6) is 0 Å². The van der Waals surface area contributed by atoms with Gasteiger partial charge >= 0.3 is 0 Å². The third-order valence-electron chi connectivity index (χ3n) is 4.45. The van der Waals surface area contributed by atoms with Crippen LogP contribution in [-0.4, -0.2) is 41.6 Å². The Labute approximate surface area is 118 Å². The Kier molecular flexibility index (Phi) is 3.11. The van der Waals surface area contributed by atoms with Crippen LogP contribution in [0.4, 0.5) is 5.82 Å². The number of rotatable bonds is 3. The number of hydrogen-bond donors (Lipinski definition) is 2. The van der Waals surface area contributed by atoms with Crippen molar-refractivity contribution in [3.63, 3.8) is 0 Å². The minimum absolute atomic E-state index is 0. The van der Waals surface area contributed by atoms with E-state index in [-0.39, 0.29) is 12.4 Å². The average Bonchev–Trinajstić information content (AvgIpc) is 2.82. The number of anilines is 1. The standard InChI is InChI=1S/C13H17N5.ClH/c1-18(6-11-9-4-14-5-10(9)11)13-8-2-3-15-12(8)16-7-17-13;/h2-3,7,9-11,14H,4-6H2,1H3,(H,15,16,17);1H/t9-,10+,11+;. The molecule has 1 aliphatic carbocycles. The fraction of sp³-hybridized carbons (Fsp3) is 0.538. The molecule has 0 unspecified atom stereocenters. The average molecular weight is 280 g/mol. The highest BCUT2D eigenvalue weighted by Gasteiger charge is 2.52. The number of piperidine rings is 1. The topological polar surface area (TPSA) is 56.8 Å². The second-order valence-corrected chi connectivity index (χ2v) is 5.47. The minimum Gasteiger partial charge on any atom is -0.359 e. The lowest BCUT2D eigenvalue weighted by atomic mass is 10.2. The Bertz CT molecular complexity index is 573. The predicted molar refractivity (Wildman–Crippen MR) is 77.7 cm³/mol. The lowest BCUT2D eigenvalue weighted by Crippen LogP contribution is -2.26. The van der Waals surface area contributed by atoms with Gasteiger partial charge in [-0.3, -0.25) is 0 Å². The maximum atomic E-state index is 4.43. The Morgan fingerprint density at radius 3 is 2.89 bits per heavy atom. The van der Waals surface area contributed by atoms with Crippen molar-refractivity contribution in [1.82, 2.24) is 20.3 Å². The van der Waals surface area contributed by atoms with E-state index in [1.165, 1.54) is 13.1 Å². The number of H-pyrrole nitrogens is 1. The third-order valence-corrected chi connectivity index (χ3v) is 4.45. The molecule has 1 aliphatic heterocycles.